The van der Waals surface area contributed by atoms with Crippen LogP contribution >= 0.6 is 0 Å². The Balaban J connectivity index is 1.72. The number of likely N-dealkylation sites (N-methyl/N-ethyl adjacent to an activating group) is 2. The Morgan fingerprint density at radius 3 is 1.48 bits per heavy atom. The van der Waals surface area contributed by atoms with Crippen molar-refractivity contribution < 1.29 is 0 Å². The molecule has 0 radical (unpaired) electrons. The van der Waals surface area contributed by atoms with Gasteiger partial charge in [-0.1, -0.05) is 91.0 Å². The first-order chi connectivity index (χ1) is 13.3. The van der Waals surface area contributed by atoms with Crippen molar-refractivity contribution in [2.75, 3.05) is 14.1 Å². The lowest BCUT2D eigenvalue weighted by atomic mass is 9.93. The van der Waals surface area contributed by atoms with Gasteiger partial charge in [0.2, 0.25) is 0 Å². The molecule has 3 aromatic carbocycles. The van der Waals surface area contributed by atoms with Crippen molar-refractivity contribution in [3.63, 3.8) is 0 Å². The summed E-state index contributed by atoms with van der Waals surface area (Å²) < 4.78 is 0. The fourth-order valence-corrected chi connectivity index (χ4v) is 4.00. The Labute approximate surface area is 161 Å². The molecule has 136 valence electrons. The fraction of sp³-hybridized carbons (Fsp3) is 0.208. The van der Waals surface area contributed by atoms with E-state index in [1.807, 2.05) is 6.07 Å². The highest BCUT2D eigenvalue weighted by Gasteiger charge is 2.41. The van der Waals surface area contributed by atoms with Gasteiger partial charge in [0.1, 0.15) is 0 Å². The zero-order valence-electron chi connectivity index (χ0n) is 15.9. The number of hydrogen-bond acceptors (Lipinski definition) is 1. The minimum absolute atomic E-state index is 0.230. The maximum absolute atomic E-state index is 4.98. The van der Waals surface area contributed by atoms with Gasteiger partial charge in [0, 0.05) is 14.1 Å². The molecule has 0 N–H and O–H groups in total. The average Bonchev–Trinajstić information content (AvgIpc) is 2.98. The van der Waals surface area contributed by atoms with Gasteiger partial charge in [0.25, 0.3) is 0 Å². The van der Waals surface area contributed by atoms with Gasteiger partial charge >= 0.3 is 0 Å². The largest absolute Gasteiger partial charge is 0.336 e. The summed E-state index contributed by atoms with van der Waals surface area (Å²) in [4.78, 5) is 9.61. The van der Waals surface area contributed by atoms with Crippen molar-refractivity contribution in [1.29, 1.82) is 0 Å². The predicted octanol–water partition coefficient (Wildman–Crippen LogP) is 4.90. The molecule has 0 bridgehead atoms. The van der Waals surface area contributed by atoms with Crippen LogP contribution < -0.4 is 0 Å². The Morgan fingerprint density at radius 1 is 0.630 bits per heavy atom. The predicted molar refractivity (Wildman–Crippen MR) is 111 cm³/mol. The number of rotatable bonds is 4. The van der Waals surface area contributed by atoms with Crippen LogP contribution in [0.1, 0.15) is 28.8 Å². The molecule has 0 amide bonds. The summed E-state index contributed by atoms with van der Waals surface area (Å²) in [5.41, 5.74) is 3.85. The number of aliphatic imine (C=N–C) groups is 1. The second-order valence-corrected chi connectivity index (χ2v) is 7.03. The van der Waals surface area contributed by atoms with Crippen LogP contribution in [-0.2, 0) is 6.54 Å². The van der Waals surface area contributed by atoms with Crippen molar-refractivity contribution in [3.05, 3.63) is 108 Å². The Hall–Kier alpha value is -3.07. The average molecular weight is 355 g/mol. The summed E-state index contributed by atoms with van der Waals surface area (Å²) in [5, 5.41) is 0. The summed E-state index contributed by atoms with van der Waals surface area (Å²) in [6, 6.07) is 32.4. The Morgan fingerprint density at radius 2 is 1.04 bits per heavy atom. The molecule has 1 heterocycles. The molecule has 0 aromatic heterocycles. The molecule has 0 spiro atoms. The molecule has 1 saturated heterocycles. The molecule has 27 heavy (non-hydrogen) atoms. The summed E-state index contributed by atoms with van der Waals surface area (Å²) in [6.07, 6.45) is 0. The minimum atomic E-state index is 0.230. The molecule has 3 nitrogen and oxygen atoms in total. The van der Waals surface area contributed by atoms with E-state index in [1.54, 1.807) is 0 Å². The van der Waals surface area contributed by atoms with Crippen LogP contribution in [0.2, 0.25) is 0 Å². The molecule has 1 fully saturated rings. The van der Waals surface area contributed by atoms with Crippen LogP contribution in [0.4, 0.5) is 0 Å². The standard InChI is InChI=1S/C24H25N3/c1-26-22(20-14-8-4-9-15-20)23(21-16-10-5-11-17-21)27(2)24(26)25-18-19-12-6-3-7-13-19/h3-17,22-23H,18H2,1-2H3/t22-,23-/m0/s1. The van der Waals surface area contributed by atoms with Crippen LogP contribution in [0, 0.1) is 0 Å². The fourth-order valence-electron chi connectivity index (χ4n) is 4.00. The SMILES string of the molecule is CN1C(=NCc2ccccc2)N(C)[C@@H](c2ccccc2)[C@@H]1c1ccccc1. The van der Waals surface area contributed by atoms with Gasteiger partial charge in [0.05, 0.1) is 18.6 Å². The molecule has 0 saturated carbocycles. The monoisotopic (exact) mass is 355 g/mol. The van der Waals surface area contributed by atoms with Crippen LogP contribution in [-0.4, -0.2) is 29.9 Å². The summed E-state index contributed by atoms with van der Waals surface area (Å²) in [7, 11) is 4.31. The zero-order valence-corrected chi connectivity index (χ0v) is 15.9. The number of nitrogens with zero attached hydrogens (tertiary/aromatic N) is 3. The highest BCUT2D eigenvalue weighted by Crippen LogP contribution is 2.43. The van der Waals surface area contributed by atoms with Gasteiger partial charge in [-0.05, 0) is 16.7 Å². The molecule has 0 unspecified atom stereocenters. The van der Waals surface area contributed by atoms with Crippen LogP contribution in [0.15, 0.2) is 96.0 Å². The van der Waals surface area contributed by atoms with Crippen molar-refractivity contribution in [2.24, 2.45) is 4.99 Å². The Bertz CT molecular complexity index is 837. The molecule has 3 aromatic rings. The smallest absolute Gasteiger partial charge is 0.197 e. The van der Waals surface area contributed by atoms with Crippen LogP contribution in [0.3, 0.4) is 0 Å². The maximum atomic E-state index is 4.98. The lowest BCUT2D eigenvalue weighted by Gasteiger charge is -2.26. The third kappa shape index (κ3) is 3.45. The van der Waals surface area contributed by atoms with E-state index in [4.69, 9.17) is 4.99 Å². The number of guanidine groups is 1. The first kappa shape index (κ1) is 17.3. The Kier molecular flexibility index (Phi) is 4.93. The molecule has 3 heteroatoms. The second kappa shape index (κ2) is 7.67. The van der Waals surface area contributed by atoms with Gasteiger partial charge < -0.3 is 9.80 Å². The van der Waals surface area contributed by atoms with Gasteiger partial charge in [-0.15, -0.1) is 0 Å². The quantitative estimate of drug-likeness (QED) is 0.663. The van der Waals surface area contributed by atoms with Gasteiger partial charge in [0.15, 0.2) is 5.96 Å². The topological polar surface area (TPSA) is 18.8 Å². The minimum Gasteiger partial charge on any atom is -0.336 e. The van der Waals surface area contributed by atoms with Crippen molar-refractivity contribution >= 4 is 5.96 Å². The third-order valence-corrected chi connectivity index (χ3v) is 5.29. The summed E-state index contributed by atoms with van der Waals surface area (Å²) >= 11 is 0. The van der Waals surface area contributed by atoms with Crippen molar-refractivity contribution in [1.82, 2.24) is 9.80 Å². The highest BCUT2D eigenvalue weighted by molar-refractivity contribution is 5.83. The van der Waals surface area contributed by atoms with E-state index in [0.29, 0.717) is 6.54 Å². The van der Waals surface area contributed by atoms with Crippen LogP contribution in [0.25, 0.3) is 0 Å². The molecule has 0 aliphatic carbocycles. The van der Waals surface area contributed by atoms with Crippen molar-refractivity contribution in [3.8, 4) is 0 Å². The highest BCUT2D eigenvalue weighted by atomic mass is 15.4. The zero-order chi connectivity index (χ0) is 18.6. The van der Waals surface area contributed by atoms with Gasteiger partial charge in [-0.3, -0.25) is 0 Å². The molecular weight excluding hydrogens is 330 g/mol. The summed E-state index contributed by atoms with van der Waals surface area (Å²) in [6.45, 7) is 0.688. The molecule has 2 atom stereocenters. The van der Waals surface area contributed by atoms with E-state index in [0.717, 1.165) is 5.96 Å². The molecule has 1 aliphatic heterocycles. The molecular formula is C24H25N3. The van der Waals surface area contributed by atoms with Gasteiger partial charge in [-0.25, -0.2) is 4.99 Å². The summed E-state index contributed by atoms with van der Waals surface area (Å²) in [5.74, 6) is 1.03. The van der Waals surface area contributed by atoms with Crippen LogP contribution in [0.5, 0.6) is 0 Å². The van der Waals surface area contributed by atoms with E-state index >= 15 is 0 Å². The second-order valence-electron chi connectivity index (χ2n) is 7.03. The third-order valence-electron chi connectivity index (χ3n) is 5.29. The van der Waals surface area contributed by atoms with E-state index in [1.165, 1.54) is 16.7 Å². The van der Waals surface area contributed by atoms with Crippen molar-refractivity contribution in [2.45, 2.75) is 18.6 Å². The first-order valence-electron chi connectivity index (χ1n) is 9.39. The lowest BCUT2D eigenvalue weighted by molar-refractivity contribution is 0.316. The first-order valence-corrected chi connectivity index (χ1v) is 9.39. The normalized spacial score (nSPS) is 19.4. The van der Waals surface area contributed by atoms with Gasteiger partial charge in [-0.2, -0.15) is 0 Å². The lowest BCUT2D eigenvalue weighted by Crippen LogP contribution is -2.29. The maximum Gasteiger partial charge on any atom is 0.197 e. The molecule has 4 rings (SSSR count). The number of hydrogen-bond donors (Lipinski definition) is 0. The van der Waals surface area contributed by atoms with E-state index < -0.39 is 0 Å². The molecule has 1 aliphatic rings. The van der Waals surface area contributed by atoms with E-state index in [2.05, 4.69) is 109 Å². The number of benzene rings is 3. The van der Waals surface area contributed by atoms with E-state index in [-0.39, 0.29) is 12.1 Å². The van der Waals surface area contributed by atoms with E-state index in [9.17, 15) is 0 Å².